The van der Waals surface area contributed by atoms with Crippen LogP contribution in [0.25, 0.3) is 0 Å². The molecule has 2 rings (SSSR count). The molecule has 0 saturated carbocycles. The van der Waals surface area contributed by atoms with E-state index in [0.717, 1.165) is 11.3 Å². The molecule has 0 unspecified atom stereocenters. The fraction of sp³-hybridized carbons (Fsp3) is 0.316. The number of rotatable bonds is 8. The van der Waals surface area contributed by atoms with Gasteiger partial charge in [0.1, 0.15) is 12.4 Å². The van der Waals surface area contributed by atoms with Crippen molar-refractivity contribution in [3.8, 4) is 5.75 Å². The molecule has 0 aliphatic heterocycles. The molecule has 0 aromatic heterocycles. The Bertz CT molecular complexity index is 851. The van der Waals surface area contributed by atoms with Crippen LogP contribution >= 0.6 is 0 Å². The molecular formula is C19H24N2O4S. The van der Waals surface area contributed by atoms with Crippen molar-refractivity contribution in [2.75, 3.05) is 26.7 Å². The minimum atomic E-state index is -3.61. The molecule has 0 spiro atoms. The molecule has 0 aliphatic rings. The van der Waals surface area contributed by atoms with Crippen LogP contribution in [0.2, 0.25) is 0 Å². The molecular weight excluding hydrogens is 352 g/mol. The van der Waals surface area contributed by atoms with E-state index in [1.54, 1.807) is 27.0 Å². The highest BCUT2D eigenvalue weighted by atomic mass is 32.2. The van der Waals surface area contributed by atoms with Crippen LogP contribution in [0.5, 0.6) is 5.75 Å². The van der Waals surface area contributed by atoms with Crippen LogP contribution in [0.4, 0.5) is 0 Å². The third kappa shape index (κ3) is 5.06. The minimum Gasteiger partial charge on any atom is -0.492 e. The number of aryl methyl sites for hydroxylation is 1. The van der Waals surface area contributed by atoms with Gasteiger partial charge < -0.3 is 9.64 Å². The summed E-state index contributed by atoms with van der Waals surface area (Å²) in [4.78, 5) is 14.3. The van der Waals surface area contributed by atoms with Gasteiger partial charge in [0.2, 0.25) is 10.0 Å². The average molecular weight is 376 g/mol. The monoisotopic (exact) mass is 376 g/mol. The highest BCUT2D eigenvalue weighted by Gasteiger charge is 2.19. The lowest BCUT2D eigenvalue weighted by atomic mass is 10.1. The van der Waals surface area contributed by atoms with E-state index >= 15 is 0 Å². The van der Waals surface area contributed by atoms with Gasteiger partial charge in [-0.15, -0.1) is 0 Å². The number of hydrogen-bond acceptors (Lipinski definition) is 4. The third-order valence-corrected chi connectivity index (χ3v) is 5.41. The van der Waals surface area contributed by atoms with Crippen molar-refractivity contribution in [2.45, 2.75) is 18.7 Å². The van der Waals surface area contributed by atoms with Crippen molar-refractivity contribution in [1.82, 2.24) is 9.62 Å². The van der Waals surface area contributed by atoms with Crippen molar-refractivity contribution in [3.63, 3.8) is 0 Å². The van der Waals surface area contributed by atoms with E-state index in [2.05, 4.69) is 4.72 Å². The summed E-state index contributed by atoms with van der Waals surface area (Å²) < 4.78 is 32.4. The maximum atomic E-state index is 12.7. The van der Waals surface area contributed by atoms with Crippen LogP contribution < -0.4 is 9.46 Å². The first-order valence-corrected chi connectivity index (χ1v) is 9.87. The van der Waals surface area contributed by atoms with Gasteiger partial charge in [-0.1, -0.05) is 31.2 Å². The predicted octanol–water partition coefficient (Wildman–Crippen LogP) is 2.44. The molecule has 0 atom stereocenters. The molecule has 0 bridgehead atoms. The van der Waals surface area contributed by atoms with Crippen molar-refractivity contribution in [1.29, 1.82) is 0 Å². The standard InChI is InChI=1S/C19H24N2O4S/c1-4-20-26(23,24)17-11-10-15(2)18(14-17)19(22)21(3)12-13-25-16-8-6-5-7-9-16/h5-11,14,20H,4,12-13H2,1-3H3. The van der Waals surface area contributed by atoms with Crippen LogP contribution in [-0.4, -0.2) is 46.0 Å². The zero-order valence-corrected chi connectivity index (χ0v) is 16.0. The molecule has 140 valence electrons. The van der Waals surface area contributed by atoms with Crippen LogP contribution in [0.1, 0.15) is 22.8 Å². The summed E-state index contributed by atoms with van der Waals surface area (Å²) in [5.74, 6) is 0.496. The number of nitrogens with one attached hydrogen (secondary N) is 1. The Hall–Kier alpha value is -2.38. The van der Waals surface area contributed by atoms with Gasteiger partial charge in [-0.2, -0.15) is 0 Å². The molecule has 0 radical (unpaired) electrons. The Balaban J connectivity index is 2.07. The maximum absolute atomic E-state index is 12.7. The molecule has 0 fully saturated rings. The SMILES string of the molecule is CCNS(=O)(=O)c1ccc(C)c(C(=O)N(C)CCOc2ccccc2)c1. The number of hydrogen-bond donors (Lipinski definition) is 1. The van der Waals surface area contributed by atoms with E-state index in [4.69, 9.17) is 4.74 Å². The predicted molar refractivity (Wildman–Crippen MR) is 101 cm³/mol. The van der Waals surface area contributed by atoms with E-state index < -0.39 is 10.0 Å². The lowest BCUT2D eigenvalue weighted by molar-refractivity contribution is 0.0773. The van der Waals surface area contributed by atoms with E-state index in [-0.39, 0.29) is 17.3 Å². The zero-order chi connectivity index (χ0) is 19.2. The van der Waals surface area contributed by atoms with E-state index in [0.29, 0.717) is 18.7 Å². The Morgan fingerprint density at radius 2 is 1.85 bits per heavy atom. The molecule has 2 aromatic rings. The molecule has 0 heterocycles. The quantitative estimate of drug-likeness (QED) is 0.768. The fourth-order valence-electron chi connectivity index (χ4n) is 2.40. The lowest BCUT2D eigenvalue weighted by Gasteiger charge is -2.19. The summed E-state index contributed by atoms with van der Waals surface area (Å²) in [5.41, 5.74) is 1.09. The van der Waals surface area contributed by atoms with Gasteiger partial charge in [0.15, 0.2) is 0 Å². The summed E-state index contributed by atoms with van der Waals surface area (Å²) in [7, 11) is -1.94. The third-order valence-electron chi connectivity index (χ3n) is 3.87. The number of likely N-dealkylation sites (N-methyl/N-ethyl adjacent to an activating group) is 1. The summed E-state index contributed by atoms with van der Waals surface area (Å²) in [5, 5.41) is 0. The molecule has 7 heteroatoms. The smallest absolute Gasteiger partial charge is 0.254 e. The van der Waals surface area contributed by atoms with E-state index in [1.807, 2.05) is 30.3 Å². The Labute approximate surface area is 154 Å². The lowest BCUT2D eigenvalue weighted by Crippen LogP contribution is -2.31. The summed E-state index contributed by atoms with van der Waals surface area (Å²) in [6, 6.07) is 13.9. The molecule has 1 amide bonds. The normalized spacial score (nSPS) is 11.2. The van der Waals surface area contributed by atoms with Crippen LogP contribution in [-0.2, 0) is 10.0 Å². The number of nitrogens with zero attached hydrogens (tertiary/aromatic N) is 1. The van der Waals surface area contributed by atoms with Gasteiger partial charge >= 0.3 is 0 Å². The maximum Gasteiger partial charge on any atom is 0.254 e. The molecule has 26 heavy (non-hydrogen) atoms. The number of benzene rings is 2. The summed E-state index contributed by atoms with van der Waals surface area (Å²) in [6.45, 7) is 4.51. The first kappa shape index (κ1) is 19.9. The van der Waals surface area contributed by atoms with Crippen LogP contribution in [0.15, 0.2) is 53.4 Å². The van der Waals surface area contributed by atoms with Gasteiger partial charge in [0, 0.05) is 19.2 Å². The second-order valence-electron chi connectivity index (χ2n) is 5.87. The van der Waals surface area contributed by atoms with Gasteiger partial charge in [-0.3, -0.25) is 4.79 Å². The Kier molecular flexibility index (Phi) is 6.76. The second kappa shape index (κ2) is 8.82. The van der Waals surface area contributed by atoms with Crippen molar-refractivity contribution >= 4 is 15.9 Å². The molecule has 2 aromatic carbocycles. The van der Waals surface area contributed by atoms with Gasteiger partial charge in [-0.25, -0.2) is 13.1 Å². The number of sulfonamides is 1. The average Bonchev–Trinajstić information content (AvgIpc) is 2.62. The van der Waals surface area contributed by atoms with Crippen molar-refractivity contribution in [3.05, 3.63) is 59.7 Å². The number of carbonyl (C=O) groups is 1. The highest BCUT2D eigenvalue weighted by molar-refractivity contribution is 7.89. The Morgan fingerprint density at radius 1 is 1.15 bits per heavy atom. The van der Waals surface area contributed by atoms with Crippen LogP contribution in [0, 0.1) is 6.92 Å². The molecule has 6 nitrogen and oxygen atoms in total. The van der Waals surface area contributed by atoms with Gasteiger partial charge in [0.25, 0.3) is 5.91 Å². The molecule has 0 saturated heterocycles. The highest BCUT2D eigenvalue weighted by Crippen LogP contribution is 2.17. The molecule has 1 N–H and O–H groups in total. The van der Waals surface area contributed by atoms with E-state index in [9.17, 15) is 13.2 Å². The van der Waals surface area contributed by atoms with Crippen molar-refractivity contribution in [2.24, 2.45) is 0 Å². The zero-order valence-electron chi connectivity index (χ0n) is 15.2. The van der Waals surface area contributed by atoms with Crippen LogP contribution in [0.3, 0.4) is 0 Å². The summed E-state index contributed by atoms with van der Waals surface area (Å²) in [6.07, 6.45) is 0. The summed E-state index contributed by atoms with van der Waals surface area (Å²) >= 11 is 0. The number of para-hydroxylation sites is 1. The fourth-order valence-corrected chi connectivity index (χ4v) is 3.46. The second-order valence-corrected chi connectivity index (χ2v) is 7.63. The van der Waals surface area contributed by atoms with Gasteiger partial charge in [-0.05, 0) is 36.8 Å². The topological polar surface area (TPSA) is 75.7 Å². The van der Waals surface area contributed by atoms with Crippen molar-refractivity contribution < 1.29 is 17.9 Å². The number of ether oxygens (including phenoxy) is 1. The number of amides is 1. The van der Waals surface area contributed by atoms with Gasteiger partial charge in [0.05, 0.1) is 11.4 Å². The first-order chi connectivity index (χ1) is 12.3. The molecule has 0 aliphatic carbocycles. The van der Waals surface area contributed by atoms with E-state index in [1.165, 1.54) is 17.0 Å². The first-order valence-electron chi connectivity index (χ1n) is 8.38. The number of carbonyl (C=O) groups excluding carboxylic acids is 1. The Morgan fingerprint density at radius 3 is 2.50 bits per heavy atom. The minimum absolute atomic E-state index is 0.0854. The largest absolute Gasteiger partial charge is 0.492 e.